The lowest BCUT2D eigenvalue weighted by Gasteiger charge is -2.03. The highest BCUT2D eigenvalue weighted by Gasteiger charge is 2.04. The van der Waals surface area contributed by atoms with Crippen molar-refractivity contribution >= 4 is 17.4 Å². The van der Waals surface area contributed by atoms with Crippen molar-refractivity contribution in [2.75, 3.05) is 0 Å². The summed E-state index contributed by atoms with van der Waals surface area (Å²) in [7, 11) is 0. The Morgan fingerprint density at radius 1 is 1.58 bits per heavy atom. The minimum Gasteiger partial charge on any atom is -0.373 e. The largest absolute Gasteiger partial charge is 0.373 e. The molecule has 2 nitrogen and oxygen atoms in total. The van der Waals surface area contributed by atoms with E-state index in [1.165, 1.54) is 6.92 Å². The van der Waals surface area contributed by atoms with Crippen LogP contribution in [-0.2, 0) is 0 Å². The molecule has 0 heterocycles. The standard InChI is InChI=1S/C9H9ClO2/c1-6(11)7-3-2-4-8(5-7)9(10)12/h2-5,9,12H,1H3/t9-/m0/s1. The van der Waals surface area contributed by atoms with Crippen molar-refractivity contribution in [3.63, 3.8) is 0 Å². The summed E-state index contributed by atoms with van der Waals surface area (Å²) in [6, 6.07) is 6.63. The predicted molar refractivity (Wildman–Crippen MR) is 47.3 cm³/mol. The number of hydrogen-bond acceptors (Lipinski definition) is 2. The molecule has 0 bridgehead atoms. The Labute approximate surface area is 75.8 Å². The summed E-state index contributed by atoms with van der Waals surface area (Å²) < 4.78 is 0. The number of aliphatic hydroxyl groups excluding tert-OH is 1. The maximum atomic E-state index is 10.9. The second-order valence-corrected chi connectivity index (χ2v) is 2.93. The fourth-order valence-corrected chi connectivity index (χ4v) is 1.04. The Hall–Kier alpha value is -0.860. The highest BCUT2D eigenvalue weighted by Crippen LogP contribution is 2.17. The van der Waals surface area contributed by atoms with E-state index in [2.05, 4.69) is 0 Å². The van der Waals surface area contributed by atoms with Gasteiger partial charge in [-0.25, -0.2) is 0 Å². The lowest BCUT2D eigenvalue weighted by atomic mass is 10.1. The van der Waals surface area contributed by atoms with E-state index in [0.29, 0.717) is 11.1 Å². The molecule has 0 aliphatic heterocycles. The Balaban J connectivity index is 3.04. The Morgan fingerprint density at radius 3 is 2.75 bits per heavy atom. The number of carbonyl (C=O) groups is 1. The van der Waals surface area contributed by atoms with Crippen molar-refractivity contribution in [3.05, 3.63) is 35.4 Å². The van der Waals surface area contributed by atoms with Gasteiger partial charge < -0.3 is 5.11 Å². The molecule has 0 saturated carbocycles. The normalized spacial score (nSPS) is 12.6. The molecular formula is C9H9ClO2. The van der Waals surface area contributed by atoms with Crippen molar-refractivity contribution < 1.29 is 9.90 Å². The first-order valence-electron chi connectivity index (χ1n) is 3.54. The molecule has 1 rings (SSSR count). The van der Waals surface area contributed by atoms with Crippen LogP contribution in [0.3, 0.4) is 0 Å². The van der Waals surface area contributed by atoms with Gasteiger partial charge in [-0.2, -0.15) is 0 Å². The molecule has 0 amide bonds. The van der Waals surface area contributed by atoms with Crippen LogP contribution < -0.4 is 0 Å². The Kier molecular flexibility index (Phi) is 2.84. The van der Waals surface area contributed by atoms with E-state index in [4.69, 9.17) is 16.7 Å². The minimum absolute atomic E-state index is 0.0332. The van der Waals surface area contributed by atoms with Crippen LogP contribution >= 0.6 is 11.6 Å². The molecule has 12 heavy (non-hydrogen) atoms. The fourth-order valence-electron chi connectivity index (χ4n) is 0.906. The Morgan fingerprint density at radius 2 is 2.25 bits per heavy atom. The average molecular weight is 185 g/mol. The zero-order chi connectivity index (χ0) is 9.14. The molecule has 0 aromatic heterocycles. The third-order valence-corrected chi connectivity index (χ3v) is 1.82. The predicted octanol–water partition coefficient (Wildman–Crippen LogP) is 2.12. The molecule has 3 heteroatoms. The van der Waals surface area contributed by atoms with Gasteiger partial charge in [-0.3, -0.25) is 4.79 Å². The second kappa shape index (κ2) is 3.70. The quantitative estimate of drug-likeness (QED) is 0.565. The van der Waals surface area contributed by atoms with E-state index >= 15 is 0 Å². The summed E-state index contributed by atoms with van der Waals surface area (Å²) in [6.07, 6.45) is 0. The molecular weight excluding hydrogens is 176 g/mol. The Bertz CT molecular complexity index is 294. The van der Waals surface area contributed by atoms with Crippen LogP contribution in [0.25, 0.3) is 0 Å². The first-order chi connectivity index (χ1) is 5.61. The molecule has 0 aliphatic carbocycles. The van der Waals surface area contributed by atoms with Crippen LogP contribution in [0, 0.1) is 0 Å². The van der Waals surface area contributed by atoms with Gasteiger partial charge in [0.15, 0.2) is 11.3 Å². The molecule has 1 aromatic carbocycles. The number of Topliss-reactive ketones (excluding diaryl/α,β-unsaturated/α-hetero) is 1. The molecule has 64 valence electrons. The molecule has 0 unspecified atom stereocenters. The average Bonchev–Trinajstić information content (AvgIpc) is 2.04. The summed E-state index contributed by atoms with van der Waals surface area (Å²) in [5, 5.41) is 8.98. The smallest absolute Gasteiger partial charge is 0.159 e. The molecule has 0 radical (unpaired) electrons. The van der Waals surface area contributed by atoms with Gasteiger partial charge in [0.25, 0.3) is 0 Å². The number of benzene rings is 1. The third kappa shape index (κ3) is 2.06. The molecule has 1 atom stereocenters. The SMILES string of the molecule is CC(=O)c1cccc([C@H](O)Cl)c1. The molecule has 0 saturated heterocycles. The zero-order valence-electron chi connectivity index (χ0n) is 6.62. The van der Waals surface area contributed by atoms with Crippen molar-refractivity contribution in [2.24, 2.45) is 0 Å². The lowest BCUT2D eigenvalue weighted by molar-refractivity contribution is 0.101. The monoisotopic (exact) mass is 184 g/mol. The van der Waals surface area contributed by atoms with Gasteiger partial charge in [0.2, 0.25) is 0 Å². The summed E-state index contributed by atoms with van der Waals surface area (Å²) in [5.74, 6) is -0.0332. The number of rotatable bonds is 2. The highest BCUT2D eigenvalue weighted by atomic mass is 35.5. The van der Waals surface area contributed by atoms with Crippen LogP contribution in [0.15, 0.2) is 24.3 Å². The second-order valence-electron chi connectivity index (χ2n) is 2.52. The van der Waals surface area contributed by atoms with Crippen LogP contribution in [0.4, 0.5) is 0 Å². The van der Waals surface area contributed by atoms with Gasteiger partial charge in [-0.15, -0.1) is 0 Å². The fraction of sp³-hybridized carbons (Fsp3) is 0.222. The van der Waals surface area contributed by atoms with E-state index in [1.807, 2.05) is 0 Å². The number of hydrogen-bond donors (Lipinski definition) is 1. The van der Waals surface area contributed by atoms with Crippen molar-refractivity contribution in [1.82, 2.24) is 0 Å². The lowest BCUT2D eigenvalue weighted by Crippen LogP contribution is -1.95. The van der Waals surface area contributed by atoms with Gasteiger partial charge in [-0.1, -0.05) is 29.8 Å². The minimum atomic E-state index is -1.04. The molecule has 1 aromatic rings. The van der Waals surface area contributed by atoms with Gasteiger partial charge >= 0.3 is 0 Å². The van der Waals surface area contributed by atoms with Gasteiger partial charge in [0.1, 0.15) is 0 Å². The van der Waals surface area contributed by atoms with Crippen molar-refractivity contribution in [2.45, 2.75) is 12.5 Å². The molecule has 0 fully saturated rings. The van der Waals surface area contributed by atoms with E-state index < -0.39 is 5.56 Å². The van der Waals surface area contributed by atoms with Gasteiger partial charge in [0.05, 0.1) is 0 Å². The topological polar surface area (TPSA) is 37.3 Å². The molecule has 0 spiro atoms. The maximum Gasteiger partial charge on any atom is 0.159 e. The van der Waals surface area contributed by atoms with Gasteiger partial charge in [0, 0.05) is 5.56 Å². The molecule has 0 aliphatic rings. The first kappa shape index (κ1) is 9.23. The maximum absolute atomic E-state index is 10.9. The number of ketones is 1. The summed E-state index contributed by atoms with van der Waals surface area (Å²) >= 11 is 5.42. The van der Waals surface area contributed by atoms with Crippen LogP contribution in [-0.4, -0.2) is 10.9 Å². The summed E-state index contributed by atoms with van der Waals surface area (Å²) in [4.78, 5) is 10.9. The van der Waals surface area contributed by atoms with Crippen LogP contribution in [0.5, 0.6) is 0 Å². The van der Waals surface area contributed by atoms with E-state index in [9.17, 15) is 4.79 Å². The molecule has 1 N–H and O–H groups in total. The number of alkyl halides is 1. The summed E-state index contributed by atoms with van der Waals surface area (Å²) in [6.45, 7) is 1.47. The van der Waals surface area contributed by atoms with Crippen molar-refractivity contribution in [3.8, 4) is 0 Å². The van der Waals surface area contributed by atoms with Crippen LogP contribution in [0.1, 0.15) is 28.4 Å². The third-order valence-electron chi connectivity index (χ3n) is 1.57. The number of aliphatic hydroxyl groups is 1. The van der Waals surface area contributed by atoms with E-state index in [-0.39, 0.29) is 5.78 Å². The van der Waals surface area contributed by atoms with E-state index in [1.54, 1.807) is 24.3 Å². The van der Waals surface area contributed by atoms with Crippen molar-refractivity contribution in [1.29, 1.82) is 0 Å². The zero-order valence-corrected chi connectivity index (χ0v) is 7.38. The number of halogens is 1. The van der Waals surface area contributed by atoms with E-state index in [0.717, 1.165) is 0 Å². The van der Waals surface area contributed by atoms with Gasteiger partial charge in [-0.05, 0) is 18.6 Å². The van der Waals surface area contributed by atoms with Crippen LogP contribution in [0.2, 0.25) is 0 Å². The highest BCUT2D eigenvalue weighted by molar-refractivity contribution is 6.19. The first-order valence-corrected chi connectivity index (χ1v) is 3.98. The summed E-state index contributed by atoms with van der Waals surface area (Å²) in [5.41, 5.74) is 0.0702. The number of carbonyl (C=O) groups excluding carboxylic acids is 1.